The molecule has 0 amide bonds. The van der Waals surface area contributed by atoms with Crippen molar-refractivity contribution in [2.24, 2.45) is 0 Å². The van der Waals surface area contributed by atoms with E-state index in [1.165, 1.54) is 6.07 Å². The van der Waals surface area contributed by atoms with Crippen molar-refractivity contribution in [1.29, 1.82) is 0 Å². The van der Waals surface area contributed by atoms with Gasteiger partial charge >= 0.3 is 5.97 Å². The fourth-order valence-corrected chi connectivity index (χ4v) is 2.01. The molecule has 2 aromatic heterocycles. The summed E-state index contributed by atoms with van der Waals surface area (Å²) in [6, 6.07) is 9.05. The number of carbonyl (C=O) groups is 1. The number of aromatic carboxylic acids is 1. The van der Waals surface area contributed by atoms with Gasteiger partial charge in [0.15, 0.2) is 0 Å². The van der Waals surface area contributed by atoms with Crippen molar-refractivity contribution in [3.8, 4) is 17.1 Å². The SMILES string of the molecule is COc1cccc2[nH]c(-c3cc(C(=O)O)[nH]n3)cc12. The van der Waals surface area contributed by atoms with Crippen molar-refractivity contribution in [2.75, 3.05) is 7.11 Å². The Kier molecular flexibility index (Phi) is 2.49. The summed E-state index contributed by atoms with van der Waals surface area (Å²) in [6.07, 6.45) is 0. The zero-order valence-corrected chi connectivity index (χ0v) is 10.1. The van der Waals surface area contributed by atoms with Gasteiger partial charge in [0.05, 0.1) is 12.8 Å². The molecule has 0 aliphatic heterocycles. The largest absolute Gasteiger partial charge is 0.496 e. The number of nitrogens with zero attached hydrogens (tertiary/aromatic N) is 1. The van der Waals surface area contributed by atoms with E-state index in [9.17, 15) is 4.79 Å². The van der Waals surface area contributed by atoms with Gasteiger partial charge in [-0.2, -0.15) is 5.10 Å². The summed E-state index contributed by atoms with van der Waals surface area (Å²) < 4.78 is 5.28. The van der Waals surface area contributed by atoms with Gasteiger partial charge in [0.1, 0.15) is 17.1 Å². The molecule has 0 saturated heterocycles. The molecule has 3 rings (SSSR count). The predicted octanol–water partition coefficient (Wildman–Crippen LogP) is 2.26. The third-order valence-electron chi connectivity index (χ3n) is 2.93. The third kappa shape index (κ3) is 1.83. The fraction of sp³-hybridized carbons (Fsp3) is 0.0769. The molecule has 3 aromatic rings. The lowest BCUT2D eigenvalue weighted by Crippen LogP contribution is -1.95. The van der Waals surface area contributed by atoms with Crippen LogP contribution in [-0.2, 0) is 0 Å². The standard InChI is InChI=1S/C13H11N3O3/c1-19-12-4-2-3-8-7(12)5-9(14-8)10-6-11(13(17)18)16-15-10/h2-6,14H,1H3,(H,15,16)(H,17,18). The number of aromatic amines is 2. The minimum Gasteiger partial charge on any atom is -0.496 e. The molecule has 0 unspecified atom stereocenters. The predicted molar refractivity (Wildman–Crippen MR) is 69.4 cm³/mol. The summed E-state index contributed by atoms with van der Waals surface area (Å²) in [5.41, 5.74) is 2.26. The highest BCUT2D eigenvalue weighted by atomic mass is 16.5. The van der Waals surface area contributed by atoms with Crippen LogP contribution in [0.1, 0.15) is 10.5 Å². The number of nitrogens with one attached hydrogen (secondary N) is 2. The molecule has 2 heterocycles. The quantitative estimate of drug-likeness (QED) is 0.671. The highest BCUT2D eigenvalue weighted by Gasteiger charge is 2.12. The highest BCUT2D eigenvalue weighted by Crippen LogP contribution is 2.29. The molecule has 0 fully saturated rings. The van der Waals surface area contributed by atoms with Crippen LogP contribution in [0.5, 0.6) is 5.75 Å². The Morgan fingerprint density at radius 3 is 2.89 bits per heavy atom. The average Bonchev–Trinajstić information content (AvgIpc) is 3.04. The van der Waals surface area contributed by atoms with Crippen LogP contribution in [0.4, 0.5) is 0 Å². The summed E-state index contributed by atoms with van der Waals surface area (Å²) in [6.45, 7) is 0. The number of benzene rings is 1. The molecule has 0 atom stereocenters. The Labute approximate surface area is 108 Å². The van der Waals surface area contributed by atoms with E-state index in [4.69, 9.17) is 9.84 Å². The summed E-state index contributed by atoms with van der Waals surface area (Å²) in [7, 11) is 1.61. The molecule has 0 aliphatic rings. The third-order valence-corrected chi connectivity index (χ3v) is 2.93. The number of hydrogen-bond acceptors (Lipinski definition) is 3. The summed E-state index contributed by atoms with van der Waals surface area (Å²) >= 11 is 0. The van der Waals surface area contributed by atoms with E-state index >= 15 is 0 Å². The Morgan fingerprint density at radius 2 is 2.21 bits per heavy atom. The lowest BCUT2D eigenvalue weighted by molar-refractivity contribution is 0.0690. The number of ether oxygens (including phenoxy) is 1. The van der Waals surface area contributed by atoms with E-state index in [0.29, 0.717) is 5.69 Å². The second-order valence-corrected chi connectivity index (χ2v) is 4.08. The van der Waals surface area contributed by atoms with Crippen LogP contribution in [0, 0.1) is 0 Å². The van der Waals surface area contributed by atoms with Gasteiger partial charge in [0.2, 0.25) is 0 Å². The average molecular weight is 257 g/mol. The normalized spacial score (nSPS) is 10.8. The van der Waals surface area contributed by atoms with Crippen LogP contribution in [0.15, 0.2) is 30.3 Å². The van der Waals surface area contributed by atoms with Crippen molar-refractivity contribution in [2.45, 2.75) is 0 Å². The van der Waals surface area contributed by atoms with Gasteiger partial charge in [0, 0.05) is 17.0 Å². The molecule has 96 valence electrons. The number of rotatable bonds is 3. The molecular weight excluding hydrogens is 246 g/mol. The minimum absolute atomic E-state index is 0.0561. The van der Waals surface area contributed by atoms with E-state index in [0.717, 1.165) is 22.3 Å². The van der Waals surface area contributed by atoms with Gasteiger partial charge in [-0.05, 0) is 18.2 Å². The van der Waals surface area contributed by atoms with Crippen LogP contribution in [-0.4, -0.2) is 33.4 Å². The number of aromatic nitrogens is 3. The van der Waals surface area contributed by atoms with Gasteiger partial charge in [0.25, 0.3) is 0 Å². The van der Waals surface area contributed by atoms with E-state index in [2.05, 4.69) is 15.2 Å². The zero-order chi connectivity index (χ0) is 13.4. The highest BCUT2D eigenvalue weighted by molar-refractivity contribution is 5.91. The van der Waals surface area contributed by atoms with Crippen LogP contribution in [0.3, 0.4) is 0 Å². The number of H-pyrrole nitrogens is 2. The van der Waals surface area contributed by atoms with E-state index in [1.807, 2.05) is 24.3 Å². The minimum atomic E-state index is -1.03. The molecule has 6 heteroatoms. The van der Waals surface area contributed by atoms with E-state index < -0.39 is 5.97 Å². The van der Waals surface area contributed by atoms with Crippen molar-refractivity contribution in [3.05, 3.63) is 36.0 Å². The van der Waals surface area contributed by atoms with Crippen LogP contribution in [0.2, 0.25) is 0 Å². The molecular formula is C13H11N3O3. The van der Waals surface area contributed by atoms with Crippen LogP contribution < -0.4 is 4.74 Å². The number of carboxylic acid groups (broad SMARTS) is 1. The Bertz CT molecular complexity index is 757. The molecule has 1 aromatic carbocycles. The van der Waals surface area contributed by atoms with Gasteiger partial charge < -0.3 is 14.8 Å². The summed E-state index contributed by atoms with van der Waals surface area (Å²) in [4.78, 5) is 14.0. The van der Waals surface area contributed by atoms with Crippen molar-refractivity contribution in [3.63, 3.8) is 0 Å². The van der Waals surface area contributed by atoms with Crippen molar-refractivity contribution < 1.29 is 14.6 Å². The van der Waals surface area contributed by atoms with Gasteiger partial charge in [-0.25, -0.2) is 4.79 Å². The maximum Gasteiger partial charge on any atom is 0.353 e. The second kappa shape index (κ2) is 4.16. The maximum atomic E-state index is 10.8. The van der Waals surface area contributed by atoms with Crippen LogP contribution >= 0.6 is 0 Å². The van der Waals surface area contributed by atoms with Crippen molar-refractivity contribution >= 4 is 16.9 Å². The molecule has 0 saturated carbocycles. The number of fused-ring (bicyclic) bond motifs is 1. The molecule has 0 radical (unpaired) electrons. The maximum absolute atomic E-state index is 10.8. The van der Waals surface area contributed by atoms with E-state index in [-0.39, 0.29) is 5.69 Å². The zero-order valence-electron chi connectivity index (χ0n) is 10.1. The molecule has 0 spiro atoms. The molecule has 3 N–H and O–H groups in total. The first kappa shape index (κ1) is 11.3. The molecule has 19 heavy (non-hydrogen) atoms. The number of hydrogen-bond donors (Lipinski definition) is 3. The van der Waals surface area contributed by atoms with Gasteiger partial charge in [-0.1, -0.05) is 6.07 Å². The van der Waals surface area contributed by atoms with Gasteiger partial charge in [-0.3, -0.25) is 5.10 Å². The first-order chi connectivity index (χ1) is 9.19. The summed E-state index contributed by atoms with van der Waals surface area (Å²) in [5, 5.41) is 16.3. The lowest BCUT2D eigenvalue weighted by atomic mass is 10.2. The van der Waals surface area contributed by atoms with Crippen LogP contribution in [0.25, 0.3) is 22.3 Å². The molecule has 0 bridgehead atoms. The van der Waals surface area contributed by atoms with Crippen molar-refractivity contribution in [1.82, 2.24) is 15.2 Å². The smallest absolute Gasteiger partial charge is 0.353 e. The van der Waals surface area contributed by atoms with Gasteiger partial charge in [-0.15, -0.1) is 0 Å². The Morgan fingerprint density at radius 1 is 1.37 bits per heavy atom. The summed E-state index contributed by atoms with van der Waals surface area (Å²) in [5.74, 6) is -0.276. The van der Waals surface area contributed by atoms with E-state index in [1.54, 1.807) is 7.11 Å². The monoisotopic (exact) mass is 257 g/mol. The fourth-order valence-electron chi connectivity index (χ4n) is 2.01. The first-order valence-corrected chi connectivity index (χ1v) is 5.64. The molecule has 0 aliphatic carbocycles. The second-order valence-electron chi connectivity index (χ2n) is 4.08. The first-order valence-electron chi connectivity index (χ1n) is 5.64. The lowest BCUT2D eigenvalue weighted by Gasteiger charge is -1.99. The topological polar surface area (TPSA) is 91.0 Å². The molecule has 6 nitrogen and oxygen atoms in total. The Hall–Kier alpha value is -2.76. The number of methoxy groups -OCH3 is 1. The Balaban J connectivity index is 2.12. The number of carboxylic acids is 1.